The molecule has 0 saturated heterocycles. The van der Waals surface area contributed by atoms with E-state index in [1.165, 1.54) is 13.2 Å². The summed E-state index contributed by atoms with van der Waals surface area (Å²) in [6, 6.07) is 6.06. The number of rotatable bonds is 9. The number of amides is 1. The van der Waals surface area contributed by atoms with Crippen LogP contribution in [0.1, 0.15) is 27.4 Å². The lowest BCUT2D eigenvalue weighted by atomic mass is 10.1. The molecule has 0 fully saturated rings. The van der Waals surface area contributed by atoms with E-state index in [0.29, 0.717) is 17.9 Å². The van der Waals surface area contributed by atoms with Crippen LogP contribution in [-0.4, -0.2) is 38.7 Å². The van der Waals surface area contributed by atoms with Crippen LogP contribution in [0, 0.1) is 13.8 Å². The van der Waals surface area contributed by atoms with Crippen molar-refractivity contribution < 1.29 is 37.0 Å². The van der Waals surface area contributed by atoms with Crippen molar-refractivity contribution in [3.8, 4) is 11.5 Å². The van der Waals surface area contributed by atoms with Crippen molar-refractivity contribution >= 4 is 11.9 Å². The molecule has 0 bridgehead atoms. The third-order valence-electron chi connectivity index (χ3n) is 3.78. The van der Waals surface area contributed by atoms with Gasteiger partial charge in [-0.15, -0.1) is 0 Å². The minimum absolute atomic E-state index is 0.0676. The molecule has 2 aromatic rings. The Kier molecular flexibility index (Phi) is 7.36. The van der Waals surface area contributed by atoms with Gasteiger partial charge in [0, 0.05) is 6.54 Å². The molecule has 0 unspecified atom stereocenters. The molecule has 0 aliphatic rings. The molecular weight excluding hydrogens is 376 g/mol. The highest BCUT2D eigenvalue weighted by Crippen LogP contribution is 2.29. The topological polar surface area (TPSA) is 87.0 Å². The van der Waals surface area contributed by atoms with Crippen molar-refractivity contribution in [2.75, 3.05) is 20.3 Å². The Morgan fingerprint density at radius 2 is 1.93 bits per heavy atom. The smallest absolute Gasteiger partial charge is 0.387 e. The predicted molar refractivity (Wildman–Crippen MR) is 94.8 cm³/mol. The van der Waals surface area contributed by atoms with E-state index in [0.717, 1.165) is 5.56 Å². The van der Waals surface area contributed by atoms with Gasteiger partial charge in [0.15, 0.2) is 18.1 Å². The number of methoxy groups -OCH3 is 1. The summed E-state index contributed by atoms with van der Waals surface area (Å²) in [5, 5.41) is 2.61. The standard InChI is InChI=1S/C19H21F2NO6/c1-11-8-14(12(2)27-11)18(24)26-10-17(23)22-7-6-13-4-5-15(28-19(20)21)16(9-13)25-3/h4-5,8-9,19H,6-7,10H2,1-3H3,(H,22,23). The average molecular weight is 397 g/mol. The van der Waals surface area contributed by atoms with Crippen LogP contribution in [0.25, 0.3) is 0 Å². The Labute approximate surface area is 160 Å². The average Bonchev–Trinajstić information content (AvgIpc) is 2.98. The fourth-order valence-electron chi connectivity index (χ4n) is 2.50. The van der Waals surface area contributed by atoms with E-state index < -0.39 is 25.1 Å². The molecule has 1 N–H and O–H groups in total. The van der Waals surface area contributed by atoms with Crippen molar-refractivity contribution in [1.29, 1.82) is 0 Å². The zero-order chi connectivity index (χ0) is 20.7. The summed E-state index contributed by atoms with van der Waals surface area (Å²) in [6.45, 7) is 0.232. The second-order valence-corrected chi connectivity index (χ2v) is 5.87. The highest BCUT2D eigenvalue weighted by molar-refractivity contribution is 5.92. The van der Waals surface area contributed by atoms with Gasteiger partial charge in [0.2, 0.25) is 0 Å². The lowest BCUT2D eigenvalue weighted by Crippen LogP contribution is -2.30. The van der Waals surface area contributed by atoms with Crippen LogP contribution in [0.2, 0.25) is 0 Å². The first kappa shape index (κ1) is 21.2. The largest absolute Gasteiger partial charge is 0.493 e. The number of furan rings is 1. The molecule has 0 spiro atoms. The molecule has 1 amide bonds. The Morgan fingerprint density at radius 3 is 2.54 bits per heavy atom. The van der Waals surface area contributed by atoms with Crippen molar-refractivity contribution in [2.45, 2.75) is 26.9 Å². The molecule has 28 heavy (non-hydrogen) atoms. The first-order valence-electron chi connectivity index (χ1n) is 8.42. The molecule has 0 aliphatic carbocycles. The monoisotopic (exact) mass is 397 g/mol. The van der Waals surface area contributed by atoms with Gasteiger partial charge in [-0.2, -0.15) is 8.78 Å². The second-order valence-electron chi connectivity index (χ2n) is 5.87. The van der Waals surface area contributed by atoms with Gasteiger partial charge in [0.1, 0.15) is 17.1 Å². The molecule has 0 atom stereocenters. The summed E-state index contributed by atoms with van der Waals surface area (Å²) >= 11 is 0. The van der Waals surface area contributed by atoms with E-state index in [1.54, 1.807) is 32.0 Å². The van der Waals surface area contributed by atoms with Gasteiger partial charge in [-0.05, 0) is 44.0 Å². The van der Waals surface area contributed by atoms with Gasteiger partial charge < -0.3 is 23.9 Å². The summed E-state index contributed by atoms with van der Waals surface area (Å²) < 4.78 is 44.2. The molecular formula is C19H21F2NO6. The van der Waals surface area contributed by atoms with Gasteiger partial charge in [-0.3, -0.25) is 4.79 Å². The van der Waals surface area contributed by atoms with Crippen LogP contribution in [0.4, 0.5) is 8.78 Å². The van der Waals surface area contributed by atoms with Crippen LogP contribution in [0.15, 0.2) is 28.7 Å². The number of nitrogens with one attached hydrogen (secondary N) is 1. The fraction of sp³-hybridized carbons (Fsp3) is 0.368. The summed E-state index contributed by atoms with van der Waals surface area (Å²) in [4.78, 5) is 23.7. The third-order valence-corrected chi connectivity index (χ3v) is 3.78. The number of esters is 1. The third kappa shape index (κ3) is 5.97. The Morgan fingerprint density at radius 1 is 1.18 bits per heavy atom. The highest BCUT2D eigenvalue weighted by atomic mass is 19.3. The van der Waals surface area contributed by atoms with E-state index in [4.69, 9.17) is 13.9 Å². The highest BCUT2D eigenvalue weighted by Gasteiger charge is 2.16. The molecule has 9 heteroatoms. The van der Waals surface area contributed by atoms with E-state index in [1.807, 2.05) is 0 Å². The summed E-state index contributed by atoms with van der Waals surface area (Å²) in [6.07, 6.45) is 0.422. The predicted octanol–water partition coefficient (Wildman–Crippen LogP) is 3.02. The van der Waals surface area contributed by atoms with E-state index in [2.05, 4.69) is 10.1 Å². The molecule has 7 nitrogen and oxygen atoms in total. The van der Waals surface area contributed by atoms with E-state index in [-0.39, 0.29) is 23.6 Å². The first-order chi connectivity index (χ1) is 13.3. The van der Waals surface area contributed by atoms with Crippen LogP contribution >= 0.6 is 0 Å². The number of halogens is 2. The molecule has 0 aliphatic heterocycles. The zero-order valence-electron chi connectivity index (χ0n) is 15.7. The van der Waals surface area contributed by atoms with E-state index in [9.17, 15) is 18.4 Å². The number of hydrogen-bond donors (Lipinski definition) is 1. The van der Waals surface area contributed by atoms with E-state index >= 15 is 0 Å². The van der Waals surface area contributed by atoms with Crippen LogP contribution in [0.3, 0.4) is 0 Å². The molecule has 2 rings (SSSR count). The first-order valence-corrected chi connectivity index (χ1v) is 8.42. The van der Waals surface area contributed by atoms with Gasteiger partial charge in [0.25, 0.3) is 5.91 Å². The van der Waals surface area contributed by atoms with Gasteiger partial charge in [0.05, 0.1) is 7.11 Å². The number of hydrogen-bond acceptors (Lipinski definition) is 6. The molecule has 0 saturated carbocycles. The summed E-state index contributed by atoms with van der Waals surface area (Å²) in [5.41, 5.74) is 1.03. The number of alkyl halides is 2. The number of aryl methyl sites for hydroxylation is 2. The van der Waals surface area contributed by atoms with Gasteiger partial charge >= 0.3 is 12.6 Å². The lowest BCUT2D eigenvalue weighted by Gasteiger charge is -2.11. The lowest BCUT2D eigenvalue weighted by molar-refractivity contribution is -0.124. The van der Waals surface area contributed by atoms with Crippen molar-refractivity contribution in [1.82, 2.24) is 5.32 Å². The molecule has 0 radical (unpaired) electrons. The maximum Gasteiger partial charge on any atom is 0.387 e. The molecule has 152 valence electrons. The number of carbonyl (C=O) groups excluding carboxylic acids is 2. The Bertz CT molecular complexity index is 834. The molecule has 1 aromatic carbocycles. The fourth-order valence-corrected chi connectivity index (χ4v) is 2.50. The molecule has 1 aromatic heterocycles. The van der Waals surface area contributed by atoms with Crippen LogP contribution in [-0.2, 0) is 16.0 Å². The second kappa shape index (κ2) is 9.72. The number of ether oxygens (including phenoxy) is 3. The number of benzene rings is 1. The molecule has 1 heterocycles. The maximum atomic E-state index is 12.3. The van der Waals surface area contributed by atoms with Crippen LogP contribution in [0.5, 0.6) is 11.5 Å². The van der Waals surface area contributed by atoms with Crippen LogP contribution < -0.4 is 14.8 Å². The number of carbonyl (C=O) groups is 2. The van der Waals surface area contributed by atoms with Crippen molar-refractivity contribution in [3.05, 3.63) is 46.9 Å². The summed E-state index contributed by atoms with van der Waals surface area (Å²) in [7, 11) is 1.34. The Hall–Kier alpha value is -3.10. The van der Waals surface area contributed by atoms with Gasteiger partial charge in [-0.1, -0.05) is 6.07 Å². The normalized spacial score (nSPS) is 10.6. The maximum absolute atomic E-state index is 12.3. The Balaban J connectivity index is 1.79. The minimum atomic E-state index is -2.95. The zero-order valence-corrected chi connectivity index (χ0v) is 15.7. The minimum Gasteiger partial charge on any atom is -0.493 e. The SMILES string of the molecule is COc1cc(CCNC(=O)COC(=O)c2cc(C)oc2C)ccc1OC(F)F. The summed E-state index contributed by atoms with van der Waals surface area (Å²) in [5.74, 6) is 0.0101. The quantitative estimate of drug-likeness (QED) is 0.655. The van der Waals surface area contributed by atoms with Crippen molar-refractivity contribution in [3.63, 3.8) is 0 Å². The van der Waals surface area contributed by atoms with Gasteiger partial charge in [-0.25, -0.2) is 4.79 Å². The van der Waals surface area contributed by atoms with Crippen molar-refractivity contribution in [2.24, 2.45) is 0 Å².